The van der Waals surface area contributed by atoms with Crippen LogP contribution in [0.3, 0.4) is 0 Å². The predicted octanol–water partition coefficient (Wildman–Crippen LogP) is 2.00. The second kappa shape index (κ2) is 7.53. The van der Waals surface area contributed by atoms with Crippen LogP contribution in [0, 0.1) is 6.92 Å². The normalized spacial score (nSPS) is 15.7. The van der Waals surface area contributed by atoms with E-state index in [1.165, 1.54) is 0 Å². The van der Waals surface area contributed by atoms with E-state index in [1.54, 1.807) is 0 Å². The second-order valence-electron chi connectivity index (χ2n) is 5.89. The minimum Gasteiger partial charge on any atom is -0.379 e. The lowest BCUT2D eigenvalue weighted by Gasteiger charge is -2.26. The Labute approximate surface area is 136 Å². The first-order chi connectivity index (χ1) is 11.2. The van der Waals surface area contributed by atoms with Crippen molar-refractivity contribution < 1.29 is 9.53 Å². The van der Waals surface area contributed by atoms with E-state index in [4.69, 9.17) is 4.74 Å². The fraction of sp³-hybridized carbons (Fsp3) is 0.444. The molecule has 0 atom stereocenters. The summed E-state index contributed by atoms with van der Waals surface area (Å²) in [6.45, 7) is 7.21. The number of benzene rings is 1. The van der Waals surface area contributed by atoms with E-state index in [9.17, 15) is 4.79 Å². The summed E-state index contributed by atoms with van der Waals surface area (Å²) in [4.78, 5) is 19.3. The molecule has 1 aliphatic heterocycles. The SMILES string of the molecule is Cc1cc(C(=O)NCCCN2CCOCC2)c2ccccc2n1. The molecule has 5 nitrogen and oxygen atoms in total. The smallest absolute Gasteiger partial charge is 0.252 e. The lowest BCUT2D eigenvalue weighted by atomic mass is 10.1. The van der Waals surface area contributed by atoms with Gasteiger partial charge in [-0.15, -0.1) is 0 Å². The van der Waals surface area contributed by atoms with Crippen LogP contribution in [0.1, 0.15) is 22.5 Å². The molecule has 1 saturated heterocycles. The van der Waals surface area contributed by atoms with Gasteiger partial charge in [0, 0.05) is 30.7 Å². The molecule has 0 aliphatic carbocycles. The molecule has 3 rings (SSSR count). The van der Waals surface area contributed by atoms with E-state index in [0.717, 1.165) is 55.9 Å². The van der Waals surface area contributed by atoms with Gasteiger partial charge in [0.2, 0.25) is 0 Å². The van der Waals surface area contributed by atoms with Crippen molar-refractivity contribution in [2.75, 3.05) is 39.4 Å². The summed E-state index contributed by atoms with van der Waals surface area (Å²) in [5.41, 5.74) is 2.44. The van der Waals surface area contributed by atoms with E-state index in [2.05, 4.69) is 15.2 Å². The minimum absolute atomic E-state index is 0.0197. The summed E-state index contributed by atoms with van der Waals surface area (Å²) >= 11 is 0. The molecule has 2 heterocycles. The molecule has 0 spiro atoms. The summed E-state index contributed by atoms with van der Waals surface area (Å²) < 4.78 is 5.34. The van der Waals surface area contributed by atoms with Crippen LogP contribution >= 0.6 is 0 Å². The summed E-state index contributed by atoms with van der Waals surface area (Å²) in [6, 6.07) is 9.63. The van der Waals surface area contributed by atoms with Crippen LogP contribution in [-0.2, 0) is 4.74 Å². The highest BCUT2D eigenvalue weighted by Gasteiger charge is 2.12. The first-order valence-electron chi connectivity index (χ1n) is 8.19. The molecule has 1 N–H and O–H groups in total. The van der Waals surface area contributed by atoms with Crippen molar-refractivity contribution in [1.82, 2.24) is 15.2 Å². The maximum atomic E-state index is 12.5. The molecule has 1 aromatic carbocycles. The van der Waals surface area contributed by atoms with Gasteiger partial charge in [0.1, 0.15) is 0 Å². The van der Waals surface area contributed by atoms with E-state index in [1.807, 2.05) is 37.3 Å². The number of aryl methyl sites for hydroxylation is 1. The van der Waals surface area contributed by atoms with Gasteiger partial charge in [-0.1, -0.05) is 18.2 Å². The van der Waals surface area contributed by atoms with Gasteiger partial charge in [-0.3, -0.25) is 14.7 Å². The number of pyridine rings is 1. The molecule has 1 fully saturated rings. The number of nitrogens with zero attached hydrogens (tertiary/aromatic N) is 2. The summed E-state index contributed by atoms with van der Waals surface area (Å²) in [5, 5.41) is 3.94. The van der Waals surface area contributed by atoms with E-state index >= 15 is 0 Å². The maximum Gasteiger partial charge on any atom is 0.252 e. The van der Waals surface area contributed by atoms with Gasteiger partial charge in [-0.05, 0) is 32.0 Å². The lowest BCUT2D eigenvalue weighted by molar-refractivity contribution is 0.0374. The fourth-order valence-corrected chi connectivity index (χ4v) is 2.92. The number of nitrogens with one attached hydrogen (secondary N) is 1. The molecule has 0 saturated carbocycles. The topological polar surface area (TPSA) is 54.5 Å². The predicted molar refractivity (Wildman–Crippen MR) is 90.7 cm³/mol. The summed E-state index contributed by atoms with van der Waals surface area (Å²) in [6.07, 6.45) is 0.952. The summed E-state index contributed by atoms with van der Waals surface area (Å²) in [5.74, 6) is -0.0197. The van der Waals surface area contributed by atoms with Crippen LogP contribution in [-0.4, -0.2) is 55.2 Å². The van der Waals surface area contributed by atoms with Gasteiger partial charge in [0.25, 0.3) is 5.91 Å². The van der Waals surface area contributed by atoms with Crippen molar-refractivity contribution in [3.05, 3.63) is 41.6 Å². The Morgan fingerprint density at radius 2 is 2.09 bits per heavy atom. The molecule has 0 radical (unpaired) electrons. The molecule has 1 aliphatic rings. The molecule has 1 amide bonds. The molecular weight excluding hydrogens is 290 g/mol. The Morgan fingerprint density at radius 3 is 2.91 bits per heavy atom. The third-order valence-electron chi connectivity index (χ3n) is 4.13. The Bertz CT molecular complexity index is 681. The lowest BCUT2D eigenvalue weighted by Crippen LogP contribution is -2.38. The highest BCUT2D eigenvalue weighted by atomic mass is 16.5. The van der Waals surface area contributed by atoms with Gasteiger partial charge in [-0.25, -0.2) is 0 Å². The average Bonchev–Trinajstić information content (AvgIpc) is 2.58. The number of carbonyl (C=O) groups is 1. The Morgan fingerprint density at radius 1 is 1.30 bits per heavy atom. The molecule has 2 aromatic rings. The quantitative estimate of drug-likeness (QED) is 0.858. The van der Waals surface area contributed by atoms with Crippen molar-refractivity contribution in [3.8, 4) is 0 Å². The van der Waals surface area contributed by atoms with Gasteiger partial charge >= 0.3 is 0 Å². The monoisotopic (exact) mass is 313 g/mol. The first kappa shape index (κ1) is 15.9. The van der Waals surface area contributed by atoms with Gasteiger partial charge in [0.05, 0.1) is 24.3 Å². The van der Waals surface area contributed by atoms with Crippen molar-refractivity contribution in [1.29, 1.82) is 0 Å². The van der Waals surface area contributed by atoms with Crippen molar-refractivity contribution in [2.24, 2.45) is 0 Å². The molecule has 23 heavy (non-hydrogen) atoms. The first-order valence-corrected chi connectivity index (χ1v) is 8.19. The number of fused-ring (bicyclic) bond motifs is 1. The average molecular weight is 313 g/mol. The standard InChI is InChI=1S/C18H23N3O2/c1-14-13-16(15-5-2-3-6-17(15)20-14)18(22)19-7-4-8-21-9-11-23-12-10-21/h2-3,5-6,13H,4,7-12H2,1H3,(H,19,22). The number of aromatic nitrogens is 1. The minimum atomic E-state index is -0.0197. The number of rotatable bonds is 5. The molecule has 0 unspecified atom stereocenters. The number of hydrogen-bond acceptors (Lipinski definition) is 4. The fourth-order valence-electron chi connectivity index (χ4n) is 2.92. The highest BCUT2D eigenvalue weighted by Crippen LogP contribution is 2.18. The number of para-hydroxylation sites is 1. The van der Waals surface area contributed by atoms with E-state index in [0.29, 0.717) is 12.1 Å². The third-order valence-corrected chi connectivity index (χ3v) is 4.13. The van der Waals surface area contributed by atoms with Gasteiger partial charge in [0.15, 0.2) is 0 Å². The largest absolute Gasteiger partial charge is 0.379 e. The number of amides is 1. The second-order valence-corrected chi connectivity index (χ2v) is 5.89. The number of hydrogen-bond donors (Lipinski definition) is 1. The molecule has 0 bridgehead atoms. The number of morpholine rings is 1. The Kier molecular flexibility index (Phi) is 5.20. The Balaban J connectivity index is 1.58. The Hall–Kier alpha value is -1.98. The summed E-state index contributed by atoms with van der Waals surface area (Å²) in [7, 11) is 0. The molecule has 1 aromatic heterocycles. The molecule has 5 heteroatoms. The zero-order valence-corrected chi connectivity index (χ0v) is 13.5. The number of carbonyl (C=O) groups excluding carboxylic acids is 1. The van der Waals surface area contributed by atoms with Crippen molar-refractivity contribution >= 4 is 16.8 Å². The van der Waals surface area contributed by atoms with Crippen LogP contribution in [0.2, 0.25) is 0 Å². The van der Waals surface area contributed by atoms with Crippen molar-refractivity contribution in [3.63, 3.8) is 0 Å². The van der Waals surface area contributed by atoms with Crippen molar-refractivity contribution in [2.45, 2.75) is 13.3 Å². The van der Waals surface area contributed by atoms with Crippen LogP contribution in [0.4, 0.5) is 0 Å². The van der Waals surface area contributed by atoms with Crippen LogP contribution in [0.25, 0.3) is 10.9 Å². The highest BCUT2D eigenvalue weighted by molar-refractivity contribution is 6.06. The van der Waals surface area contributed by atoms with Crippen LogP contribution in [0.15, 0.2) is 30.3 Å². The molecule has 122 valence electrons. The molecular formula is C18H23N3O2. The zero-order valence-electron chi connectivity index (χ0n) is 13.5. The van der Waals surface area contributed by atoms with Crippen LogP contribution in [0.5, 0.6) is 0 Å². The third kappa shape index (κ3) is 4.06. The van der Waals surface area contributed by atoms with Gasteiger partial charge < -0.3 is 10.1 Å². The zero-order chi connectivity index (χ0) is 16.1. The van der Waals surface area contributed by atoms with Crippen LogP contribution < -0.4 is 5.32 Å². The van der Waals surface area contributed by atoms with Gasteiger partial charge in [-0.2, -0.15) is 0 Å². The van der Waals surface area contributed by atoms with E-state index < -0.39 is 0 Å². The van der Waals surface area contributed by atoms with E-state index in [-0.39, 0.29) is 5.91 Å². The number of ether oxygens (including phenoxy) is 1. The maximum absolute atomic E-state index is 12.5.